The van der Waals surface area contributed by atoms with Crippen LogP contribution in [0.2, 0.25) is 0 Å². The number of hydrogen-bond acceptors (Lipinski definition) is 3. The highest BCUT2D eigenvalue weighted by Gasteiger charge is 2.28. The van der Waals surface area contributed by atoms with Crippen LogP contribution in [0.5, 0.6) is 0 Å². The first-order valence-electron chi connectivity index (χ1n) is 5.72. The lowest BCUT2D eigenvalue weighted by Gasteiger charge is -2.38. The molecule has 0 bridgehead atoms. The van der Waals surface area contributed by atoms with Crippen molar-refractivity contribution in [3.05, 3.63) is 23.6 Å². The Balaban J connectivity index is 2.33. The Bertz CT molecular complexity index is 402. The SMILES string of the molecule is CC1SCCN(c2nccc(CCl)c2F)C1C. The van der Waals surface area contributed by atoms with Crippen LogP contribution in [-0.4, -0.2) is 28.6 Å². The molecule has 1 aliphatic rings. The summed E-state index contributed by atoms with van der Waals surface area (Å²) >= 11 is 7.64. The lowest BCUT2D eigenvalue weighted by atomic mass is 10.2. The fraction of sp³-hybridized carbons (Fsp3) is 0.583. The van der Waals surface area contributed by atoms with E-state index in [0.717, 1.165) is 12.3 Å². The van der Waals surface area contributed by atoms with Crippen LogP contribution in [0.25, 0.3) is 0 Å². The first kappa shape index (κ1) is 13.0. The summed E-state index contributed by atoms with van der Waals surface area (Å²) in [5.41, 5.74) is 0.523. The molecule has 5 heteroatoms. The lowest BCUT2D eigenvalue weighted by molar-refractivity contribution is 0.566. The molecule has 1 saturated heterocycles. The summed E-state index contributed by atoms with van der Waals surface area (Å²) < 4.78 is 14.2. The van der Waals surface area contributed by atoms with Gasteiger partial charge in [-0.05, 0) is 13.0 Å². The third-order valence-corrected chi connectivity index (χ3v) is 4.88. The Morgan fingerprint density at radius 2 is 2.35 bits per heavy atom. The Labute approximate surface area is 111 Å². The molecule has 1 aromatic heterocycles. The maximum atomic E-state index is 14.2. The van der Waals surface area contributed by atoms with Crippen LogP contribution in [0, 0.1) is 5.82 Å². The third-order valence-electron chi connectivity index (χ3n) is 3.25. The molecule has 1 aromatic rings. The van der Waals surface area contributed by atoms with Crippen molar-refractivity contribution in [2.24, 2.45) is 0 Å². The van der Waals surface area contributed by atoms with Gasteiger partial charge in [-0.15, -0.1) is 11.6 Å². The van der Waals surface area contributed by atoms with Gasteiger partial charge in [-0.2, -0.15) is 11.8 Å². The summed E-state index contributed by atoms with van der Waals surface area (Å²) in [5, 5.41) is 0.490. The molecule has 0 radical (unpaired) electrons. The van der Waals surface area contributed by atoms with Crippen LogP contribution in [0.4, 0.5) is 10.2 Å². The van der Waals surface area contributed by atoms with E-state index in [4.69, 9.17) is 11.6 Å². The predicted octanol–water partition coefficient (Wildman–Crippen LogP) is 3.29. The monoisotopic (exact) mass is 274 g/mol. The van der Waals surface area contributed by atoms with E-state index in [1.165, 1.54) is 0 Å². The molecule has 2 heterocycles. The second-order valence-corrected chi connectivity index (χ2v) is 6.00. The third kappa shape index (κ3) is 2.52. The van der Waals surface area contributed by atoms with Gasteiger partial charge >= 0.3 is 0 Å². The van der Waals surface area contributed by atoms with Crippen LogP contribution in [-0.2, 0) is 5.88 Å². The van der Waals surface area contributed by atoms with Gasteiger partial charge < -0.3 is 4.90 Å². The standard InChI is InChI=1S/C12H16ClFN2S/c1-8-9(2)17-6-5-16(8)12-11(14)10(7-13)3-4-15-12/h3-4,8-9H,5-7H2,1-2H3. The highest BCUT2D eigenvalue weighted by molar-refractivity contribution is 8.00. The maximum Gasteiger partial charge on any atom is 0.170 e. The number of nitrogens with zero attached hydrogens (tertiary/aromatic N) is 2. The molecule has 0 N–H and O–H groups in total. The predicted molar refractivity (Wildman–Crippen MR) is 72.5 cm³/mol. The molecule has 2 atom stereocenters. The number of halogens is 2. The van der Waals surface area contributed by atoms with E-state index in [9.17, 15) is 4.39 Å². The molecule has 0 amide bonds. The van der Waals surface area contributed by atoms with Crippen LogP contribution in [0.1, 0.15) is 19.4 Å². The van der Waals surface area contributed by atoms with Crippen molar-refractivity contribution in [2.45, 2.75) is 31.0 Å². The van der Waals surface area contributed by atoms with Crippen molar-refractivity contribution in [3.8, 4) is 0 Å². The van der Waals surface area contributed by atoms with Crippen LogP contribution >= 0.6 is 23.4 Å². The van der Waals surface area contributed by atoms with Gasteiger partial charge in [0, 0.05) is 35.3 Å². The summed E-state index contributed by atoms with van der Waals surface area (Å²) in [6, 6.07) is 1.93. The van der Waals surface area contributed by atoms with Gasteiger partial charge in [0.25, 0.3) is 0 Å². The smallest absolute Gasteiger partial charge is 0.170 e. The molecule has 2 rings (SSSR count). The van der Waals surface area contributed by atoms with Gasteiger partial charge in [0.15, 0.2) is 11.6 Å². The van der Waals surface area contributed by atoms with Gasteiger partial charge in [0.2, 0.25) is 0 Å². The lowest BCUT2D eigenvalue weighted by Crippen LogP contribution is -2.45. The zero-order chi connectivity index (χ0) is 12.4. The van der Waals surface area contributed by atoms with Gasteiger partial charge in [-0.3, -0.25) is 0 Å². The molecule has 2 nitrogen and oxygen atoms in total. The average molecular weight is 275 g/mol. The Kier molecular flexibility index (Phi) is 4.15. The summed E-state index contributed by atoms with van der Waals surface area (Å²) in [7, 11) is 0. The van der Waals surface area contributed by atoms with E-state index in [0.29, 0.717) is 22.7 Å². The van der Waals surface area contributed by atoms with Crippen molar-refractivity contribution in [2.75, 3.05) is 17.2 Å². The van der Waals surface area contributed by atoms with Crippen molar-refractivity contribution >= 4 is 29.2 Å². The first-order chi connectivity index (χ1) is 8.15. The van der Waals surface area contributed by atoms with Crippen LogP contribution in [0.15, 0.2) is 12.3 Å². The Morgan fingerprint density at radius 3 is 3.06 bits per heavy atom. The Morgan fingerprint density at radius 1 is 1.59 bits per heavy atom. The van der Waals surface area contributed by atoms with Gasteiger partial charge in [-0.25, -0.2) is 9.37 Å². The minimum absolute atomic E-state index is 0.188. The summed E-state index contributed by atoms with van der Waals surface area (Å²) in [4.78, 5) is 6.23. The quantitative estimate of drug-likeness (QED) is 0.770. The fourth-order valence-electron chi connectivity index (χ4n) is 2.01. The molecule has 17 heavy (non-hydrogen) atoms. The molecule has 0 saturated carbocycles. The summed E-state index contributed by atoms with van der Waals surface area (Å²) in [6.45, 7) is 5.13. The van der Waals surface area contributed by atoms with E-state index in [1.807, 2.05) is 16.7 Å². The normalized spacial score (nSPS) is 25.1. The van der Waals surface area contributed by atoms with E-state index >= 15 is 0 Å². The second kappa shape index (κ2) is 5.44. The van der Waals surface area contributed by atoms with E-state index in [-0.39, 0.29) is 11.7 Å². The summed E-state index contributed by atoms with van der Waals surface area (Å²) in [5.74, 6) is 1.38. The molecule has 94 valence electrons. The minimum atomic E-state index is -0.270. The molecule has 0 spiro atoms. The van der Waals surface area contributed by atoms with Crippen molar-refractivity contribution in [3.63, 3.8) is 0 Å². The van der Waals surface area contributed by atoms with Crippen LogP contribution < -0.4 is 4.90 Å². The average Bonchev–Trinajstić information content (AvgIpc) is 2.33. The van der Waals surface area contributed by atoms with Crippen LogP contribution in [0.3, 0.4) is 0 Å². The largest absolute Gasteiger partial charge is 0.350 e. The number of aromatic nitrogens is 1. The molecular formula is C12H16ClFN2S. The first-order valence-corrected chi connectivity index (χ1v) is 7.31. The fourth-order valence-corrected chi connectivity index (χ4v) is 3.31. The zero-order valence-corrected chi connectivity index (χ0v) is 11.6. The Hall–Kier alpha value is -0.480. The van der Waals surface area contributed by atoms with Gasteiger partial charge in [0.05, 0.1) is 5.88 Å². The number of anilines is 1. The van der Waals surface area contributed by atoms with E-state index in [2.05, 4.69) is 18.8 Å². The molecule has 2 unspecified atom stereocenters. The second-order valence-electron chi connectivity index (χ2n) is 4.25. The minimum Gasteiger partial charge on any atom is -0.350 e. The number of rotatable bonds is 2. The van der Waals surface area contributed by atoms with Gasteiger partial charge in [0.1, 0.15) is 0 Å². The highest BCUT2D eigenvalue weighted by Crippen LogP contribution is 2.30. The van der Waals surface area contributed by atoms with Crippen molar-refractivity contribution in [1.29, 1.82) is 0 Å². The van der Waals surface area contributed by atoms with Gasteiger partial charge in [-0.1, -0.05) is 6.92 Å². The van der Waals surface area contributed by atoms with Crippen molar-refractivity contribution in [1.82, 2.24) is 4.98 Å². The topological polar surface area (TPSA) is 16.1 Å². The van der Waals surface area contributed by atoms with E-state index in [1.54, 1.807) is 12.3 Å². The molecule has 0 aliphatic carbocycles. The van der Waals surface area contributed by atoms with E-state index < -0.39 is 0 Å². The number of pyridine rings is 1. The summed E-state index contributed by atoms with van der Waals surface area (Å²) in [6.07, 6.45) is 1.63. The molecule has 1 aliphatic heterocycles. The maximum absolute atomic E-state index is 14.2. The number of alkyl halides is 1. The molecular weight excluding hydrogens is 259 g/mol. The molecule has 0 aromatic carbocycles. The zero-order valence-electron chi connectivity index (χ0n) is 9.99. The number of thioether (sulfide) groups is 1. The number of hydrogen-bond donors (Lipinski definition) is 0. The molecule has 1 fully saturated rings. The van der Waals surface area contributed by atoms with Crippen molar-refractivity contribution < 1.29 is 4.39 Å². The highest BCUT2D eigenvalue weighted by atomic mass is 35.5.